The molecule has 7 heteroatoms. The van der Waals surface area contributed by atoms with Crippen LogP contribution in [0.4, 0.5) is 4.39 Å². The molecule has 0 spiro atoms. The third-order valence-electron chi connectivity index (χ3n) is 5.20. The predicted molar refractivity (Wildman–Crippen MR) is 125 cm³/mol. The van der Waals surface area contributed by atoms with Gasteiger partial charge in [-0.2, -0.15) is 0 Å². The lowest BCUT2D eigenvalue weighted by Crippen LogP contribution is -2.05. The van der Waals surface area contributed by atoms with Crippen LogP contribution in [0.5, 0.6) is 5.75 Å². The van der Waals surface area contributed by atoms with Gasteiger partial charge in [0.15, 0.2) is 0 Å². The number of ether oxygens (including phenoxy) is 2. The number of hydrogen-bond donors (Lipinski definition) is 0. The van der Waals surface area contributed by atoms with Crippen LogP contribution in [0, 0.1) is 5.82 Å². The molecule has 0 aliphatic carbocycles. The lowest BCUT2D eigenvalue weighted by molar-refractivity contribution is -0.137. The van der Waals surface area contributed by atoms with Gasteiger partial charge in [-0.05, 0) is 42.7 Å². The first-order valence-corrected chi connectivity index (χ1v) is 11.2. The summed E-state index contributed by atoms with van der Waals surface area (Å²) in [6, 6.07) is 9.20. The number of carbonyl (C=O) groups excluding carboxylic acids is 1. The quantitative estimate of drug-likeness (QED) is 0.184. The molecule has 0 fully saturated rings. The molecule has 6 nitrogen and oxygen atoms in total. The van der Waals surface area contributed by atoms with Crippen molar-refractivity contribution in [2.75, 3.05) is 13.2 Å². The third kappa shape index (κ3) is 7.27. The van der Waals surface area contributed by atoms with Crippen LogP contribution < -0.4 is 10.4 Å². The van der Waals surface area contributed by atoms with Crippen molar-refractivity contribution in [3.05, 3.63) is 71.5 Å². The third-order valence-corrected chi connectivity index (χ3v) is 5.20. The summed E-state index contributed by atoms with van der Waals surface area (Å²) in [5.74, 6) is -0.217. The van der Waals surface area contributed by atoms with E-state index in [1.165, 1.54) is 24.4 Å². The van der Waals surface area contributed by atoms with E-state index in [4.69, 9.17) is 13.9 Å². The summed E-state index contributed by atoms with van der Waals surface area (Å²) in [7, 11) is 0. The number of benzene rings is 1. The molecule has 3 rings (SSSR count). The fourth-order valence-corrected chi connectivity index (χ4v) is 3.48. The number of hydrogen-bond acceptors (Lipinski definition) is 6. The van der Waals surface area contributed by atoms with Gasteiger partial charge in [0.2, 0.25) is 5.71 Å². The second kappa shape index (κ2) is 12.5. The molecule has 0 aliphatic rings. The fourth-order valence-electron chi connectivity index (χ4n) is 3.48. The molecule has 0 radical (unpaired) electrons. The first-order chi connectivity index (χ1) is 16.1. The number of carbonyl (C=O) groups is 1. The predicted octanol–water partition coefficient (Wildman–Crippen LogP) is 5.83. The summed E-state index contributed by atoms with van der Waals surface area (Å²) in [5.41, 5.74) is 0.325. The highest BCUT2D eigenvalue weighted by molar-refractivity contribution is 5.84. The standard InChI is InChI=1S/C26H28FNO5/c1-2-24(29)32-16-9-7-5-3-4-6-8-15-31-23-13-14-28-25-22(23)18-21(26(30)33-25)19-11-10-12-20(27)17-19/h2,10-14,17-18H,1,3-9,15-16H2. The zero-order chi connectivity index (χ0) is 23.5. The van der Waals surface area contributed by atoms with Gasteiger partial charge in [0.05, 0.1) is 24.2 Å². The molecule has 0 amide bonds. The summed E-state index contributed by atoms with van der Waals surface area (Å²) in [5, 5.41) is 0.577. The Labute approximate surface area is 192 Å². The molecule has 0 unspecified atom stereocenters. The molecule has 0 atom stereocenters. The van der Waals surface area contributed by atoms with Gasteiger partial charge in [-0.3, -0.25) is 0 Å². The molecule has 2 heterocycles. The van der Waals surface area contributed by atoms with Crippen LogP contribution in [0.25, 0.3) is 22.2 Å². The first-order valence-electron chi connectivity index (χ1n) is 11.2. The molecule has 33 heavy (non-hydrogen) atoms. The SMILES string of the molecule is C=CC(=O)OCCCCCCCCCOc1ccnc2oc(=O)c(-c3cccc(F)c3)cc12. The van der Waals surface area contributed by atoms with Crippen LogP contribution in [-0.2, 0) is 9.53 Å². The lowest BCUT2D eigenvalue weighted by atomic mass is 10.1. The lowest BCUT2D eigenvalue weighted by Gasteiger charge is -2.09. The topological polar surface area (TPSA) is 78.6 Å². The number of fused-ring (bicyclic) bond motifs is 1. The molecular weight excluding hydrogens is 425 g/mol. The fraction of sp³-hybridized carbons (Fsp3) is 0.346. The number of unbranched alkanes of at least 4 members (excludes halogenated alkanes) is 6. The van der Waals surface area contributed by atoms with E-state index in [1.807, 2.05) is 0 Å². The summed E-state index contributed by atoms with van der Waals surface area (Å²) in [6.45, 7) is 4.34. The molecule has 2 aromatic heterocycles. The minimum Gasteiger partial charge on any atom is -0.493 e. The molecule has 0 aliphatic heterocycles. The van der Waals surface area contributed by atoms with Gasteiger partial charge in [0, 0.05) is 12.3 Å². The average molecular weight is 454 g/mol. The summed E-state index contributed by atoms with van der Waals surface area (Å²) < 4.78 is 29.8. The minimum absolute atomic E-state index is 0.191. The van der Waals surface area contributed by atoms with Crippen LogP contribution in [-0.4, -0.2) is 24.2 Å². The summed E-state index contributed by atoms with van der Waals surface area (Å²) in [6.07, 6.45) is 9.87. The van der Waals surface area contributed by atoms with Gasteiger partial charge in [0.25, 0.3) is 0 Å². The van der Waals surface area contributed by atoms with Crippen molar-refractivity contribution < 1.29 is 23.1 Å². The van der Waals surface area contributed by atoms with Crippen molar-refractivity contribution in [3.8, 4) is 16.9 Å². The minimum atomic E-state index is -0.573. The summed E-state index contributed by atoms with van der Waals surface area (Å²) in [4.78, 5) is 27.4. The van der Waals surface area contributed by atoms with Crippen LogP contribution in [0.3, 0.4) is 0 Å². The number of pyridine rings is 1. The van der Waals surface area contributed by atoms with Crippen molar-refractivity contribution in [1.29, 1.82) is 0 Å². The Balaban J connectivity index is 1.46. The Morgan fingerprint density at radius 2 is 1.76 bits per heavy atom. The molecule has 3 aromatic rings. The van der Waals surface area contributed by atoms with E-state index in [2.05, 4.69) is 11.6 Å². The van der Waals surface area contributed by atoms with Crippen LogP contribution >= 0.6 is 0 Å². The van der Waals surface area contributed by atoms with E-state index in [0.29, 0.717) is 29.9 Å². The average Bonchev–Trinajstić information content (AvgIpc) is 2.81. The van der Waals surface area contributed by atoms with Crippen LogP contribution in [0.1, 0.15) is 44.9 Å². The van der Waals surface area contributed by atoms with Crippen molar-refractivity contribution in [2.45, 2.75) is 44.9 Å². The van der Waals surface area contributed by atoms with Gasteiger partial charge in [-0.15, -0.1) is 0 Å². The zero-order valence-corrected chi connectivity index (χ0v) is 18.6. The van der Waals surface area contributed by atoms with E-state index in [1.54, 1.807) is 24.3 Å². The molecule has 1 aromatic carbocycles. The van der Waals surface area contributed by atoms with E-state index in [9.17, 15) is 14.0 Å². The Bertz CT molecular complexity index is 1140. The van der Waals surface area contributed by atoms with Crippen molar-refractivity contribution in [2.24, 2.45) is 0 Å². The second-order valence-electron chi connectivity index (χ2n) is 7.68. The van der Waals surface area contributed by atoms with Gasteiger partial charge in [-0.1, -0.05) is 50.8 Å². The van der Waals surface area contributed by atoms with Crippen molar-refractivity contribution >= 4 is 17.1 Å². The van der Waals surface area contributed by atoms with Gasteiger partial charge < -0.3 is 13.9 Å². The Kier molecular flexibility index (Phi) is 9.18. The van der Waals surface area contributed by atoms with Gasteiger partial charge in [0.1, 0.15) is 11.6 Å². The monoisotopic (exact) mass is 453 g/mol. The highest BCUT2D eigenvalue weighted by atomic mass is 19.1. The molecule has 0 saturated carbocycles. The van der Waals surface area contributed by atoms with E-state index >= 15 is 0 Å². The Morgan fingerprint density at radius 1 is 1.03 bits per heavy atom. The van der Waals surface area contributed by atoms with Crippen molar-refractivity contribution in [1.82, 2.24) is 4.98 Å². The van der Waals surface area contributed by atoms with E-state index < -0.39 is 11.4 Å². The normalized spacial score (nSPS) is 10.8. The van der Waals surface area contributed by atoms with Crippen LogP contribution in [0.15, 0.2) is 64.5 Å². The number of nitrogens with zero attached hydrogens (tertiary/aromatic N) is 1. The molecular formula is C26H28FNO5. The van der Waals surface area contributed by atoms with E-state index in [0.717, 1.165) is 44.9 Å². The molecule has 0 bridgehead atoms. The first kappa shape index (κ1) is 24.2. The largest absolute Gasteiger partial charge is 0.493 e. The number of halogens is 1. The maximum Gasteiger partial charge on any atom is 0.345 e. The maximum absolute atomic E-state index is 13.6. The Morgan fingerprint density at radius 3 is 2.48 bits per heavy atom. The molecule has 0 N–H and O–H groups in total. The highest BCUT2D eigenvalue weighted by Gasteiger charge is 2.12. The van der Waals surface area contributed by atoms with Crippen LogP contribution in [0.2, 0.25) is 0 Å². The van der Waals surface area contributed by atoms with Gasteiger partial charge >= 0.3 is 11.6 Å². The number of rotatable bonds is 13. The number of esters is 1. The summed E-state index contributed by atoms with van der Waals surface area (Å²) >= 11 is 0. The maximum atomic E-state index is 13.6. The van der Waals surface area contributed by atoms with E-state index in [-0.39, 0.29) is 17.2 Å². The highest BCUT2D eigenvalue weighted by Crippen LogP contribution is 2.27. The molecule has 174 valence electrons. The number of aromatic nitrogens is 1. The Hall–Kier alpha value is -3.48. The molecule has 0 saturated heterocycles. The zero-order valence-electron chi connectivity index (χ0n) is 18.6. The van der Waals surface area contributed by atoms with Crippen molar-refractivity contribution in [3.63, 3.8) is 0 Å². The smallest absolute Gasteiger partial charge is 0.345 e. The van der Waals surface area contributed by atoms with Gasteiger partial charge in [-0.25, -0.2) is 19.0 Å². The second-order valence-corrected chi connectivity index (χ2v) is 7.68.